The van der Waals surface area contributed by atoms with Crippen LogP contribution < -0.4 is 0 Å². The van der Waals surface area contributed by atoms with Crippen LogP contribution in [0.2, 0.25) is 0 Å². The highest BCUT2D eigenvalue weighted by molar-refractivity contribution is 5.75. The lowest BCUT2D eigenvalue weighted by Crippen LogP contribution is -1.94. The molecule has 2 aromatic rings. The van der Waals surface area contributed by atoms with Crippen molar-refractivity contribution in [2.45, 2.75) is 6.42 Å². The van der Waals surface area contributed by atoms with Gasteiger partial charge in [0.15, 0.2) is 0 Å². The lowest BCUT2D eigenvalue weighted by Gasteiger charge is -2.04. The topological polar surface area (TPSA) is 17.1 Å². The van der Waals surface area contributed by atoms with Gasteiger partial charge in [-0.1, -0.05) is 30.3 Å². The second kappa shape index (κ2) is 4.71. The van der Waals surface area contributed by atoms with Crippen LogP contribution in [0.1, 0.15) is 21.5 Å². The molecule has 0 aliphatic carbocycles. The van der Waals surface area contributed by atoms with Gasteiger partial charge in [0, 0.05) is 12.0 Å². The van der Waals surface area contributed by atoms with Crippen molar-refractivity contribution in [2.24, 2.45) is 0 Å². The van der Waals surface area contributed by atoms with E-state index >= 15 is 0 Å². The first-order chi connectivity index (χ1) is 7.79. The Hall–Kier alpha value is -1.96. The SMILES string of the molecule is O=Cc1ccc(F)c(Cc2ccccc2)c1. The van der Waals surface area contributed by atoms with E-state index in [2.05, 4.69) is 0 Å². The van der Waals surface area contributed by atoms with Crippen LogP contribution in [0.4, 0.5) is 4.39 Å². The molecule has 2 rings (SSSR count). The minimum absolute atomic E-state index is 0.269. The predicted molar refractivity (Wildman–Crippen MR) is 61.0 cm³/mol. The molecule has 1 nitrogen and oxygen atoms in total. The molecule has 0 saturated heterocycles. The lowest BCUT2D eigenvalue weighted by molar-refractivity contribution is 0.112. The molecule has 0 heterocycles. The van der Waals surface area contributed by atoms with E-state index in [-0.39, 0.29) is 5.82 Å². The van der Waals surface area contributed by atoms with Crippen LogP contribution >= 0.6 is 0 Å². The van der Waals surface area contributed by atoms with E-state index in [1.807, 2.05) is 30.3 Å². The van der Waals surface area contributed by atoms with Crippen LogP contribution in [-0.4, -0.2) is 6.29 Å². The van der Waals surface area contributed by atoms with E-state index in [1.54, 1.807) is 6.07 Å². The summed E-state index contributed by atoms with van der Waals surface area (Å²) in [6, 6.07) is 14.0. The molecule has 2 aromatic carbocycles. The van der Waals surface area contributed by atoms with Crippen molar-refractivity contribution < 1.29 is 9.18 Å². The molecule has 0 atom stereocenters. The minimum Gasteiger partial charge on any atom is -0.298 e. The Kier molecular flexibility index (Phi) is 3.10. The van der Waals surface area contributed by atoms with Gasteiger partial charge in [-0.25, -0.2) is 4.39 Å². The van der Waals surface area contributed by atoms with Crippen molar-refractivity contribution in [3.63, 3.8) is 0 Å². The van der Waals surface area contributed by atoms with Crippen molar-refractivity contribution in [1.29, 1.82) is 0 Å². The summed E-state index contributed by atoms with van der Waals surface area (Å²) in [7, 11) is 0. The van der Waals surface area contributed by atoms with Crippen molar-refractivity contribution in [3.05, 3.63) is 71.0 Å². The normalized spacial score (nSPS) is 10.1. The summed E-state index contributed by atoms with van der Waals surface area (Å²) in [4.78, 5) is 10.6. The summed E-state index contributed by atoms with van der Waals surface area (Å²) >= 11 is 0. The summed E-state index contributed by atoms with van der Waals surface area (Å²) in [6.45, 7) is 0. The average molecular weight is 214 g/mol. The van der Waals surface area contributed by atoms with Gasteiger partial charge in [0.2, 0.25) is 0 Å². The molecule has 0 spiro atoms. The fourth-order valence-corrected chi connectivity index (χ4v) is 1.62. The zero-order chi connectivity index (χ0) is 11.4. The number of halogens is 1. The summed E-state index contributed by atoms with van der Waals surface area (Å²) in [5.74, 6) is -0.269. The van der Waals surface area contributed by atoms with Crippen molar-refractivity contribution in [3.8, 4) is 0 Å². The Morgan fingerprint density at radius 3 is 2.50 bits per heavy atom. The number of carbonyl (C=O) groups is 1. The first kappa shape index (κ1) is 10.6. The first-order valence-corrected chi connectivity index (χ1v) is 5.07. The van der Waals surface area contributed by atoms with Crippen molar-refractivity contribution >= 4 is 6.29 Å². The van der Waals surface area contributed by atoms with Gasteiger partial charge in [-0.3, -0.25) is 4.79 Å². The summed E-state index contributed by atoms with van der Waals surface area (Å²) < 4.78 is 13.5. The van der Waals surface area contributed by atoms with Crippen LogP contribution in [-0.2, 0) is 6.42 Å². The number of benzene rings is 2. The third-order valence-electron chi connectivity index (χ3n) is 2.44. The fraction of sp³-hybridized carbons (Fsp3) is 0.0714. The maximum absolute atomic E-state index is 13.5. The summed E-state index contributed by atoms with van der Waals surface area (Å²) in [5.41, 5.74) is 2.09. The van der Waals surface area contributed by atoms with Gasteiger partial charge >= 0.3 is 0 Å². The summed E-state index contributed by atoms with van der Waals surface area (Å²) in [5, 5.41) is 0. The van der Waals surface area contributed by atoms with Gasteiger partial charge in [-0.15, -0.1) is 0 Å². The summed E-state index contributed by atoms with van der Waals surface area (Å²) in [6.07, 6.45) is 1.24. The van der Waals surface area contributed by atoms with Crippen LogP contribution in [0.3, 0.4) is 0 Å². The standard InChI is InChI=1S/C14H11FO/c15-14-7-6-12(10-16)9-13(14)8-11-4-2-1-3-5-11/h1-7,9-10H,8H2. The number of rotatable bonds is 3. The fourth-order valence-electron chi connectivity index (χ4n) is 1.62. The quantitative estimate of drug-likeness (QED) is 0.717. The smallest absolute Gasteiger partial charge is 0.150 e. The van der Waals surface area contributed by atoms with Crippen molar-refractivity contribution in [2.75, 3.05) is 0 Å². The number of carbonyl (C=O) groups excluding carboxylic acids is 1. The molecule has 0 radical (unpaired) electrons. The van der Waals surface area contributed by atoms with Crippen LogP contribution in [0.25, 0.3) is 0 Å². The van der Waals surface area contributed by atoms with Gasteiger partial charge in [0.1, 0.15) is 12.1 Å². The second-order valence-electron chi connectivity index (χ2n) is 3.63. The molecule has 2 heteroatoms. The highest BCUT2D eigenvalue weighted by Gasteiger charge is 2.04. The number of hydrogen-bond acceptors (Lipinski definition) is 1. The zero-order valence-electron chi connectivity index (χ0n) is 8.69. The monoisotopic (exact) mass is 214 g/mol. The number of hydrogen-bond donors (Lipinski definition) is 0. The minimum atomic E-state index is -0.269. The molecule has 16 heavy (non-hydrogen) atoms. The zero-order valence-corrected chi connectivity index (χ0v) is 8.69. The lowest BCUT2D eigenvalue weighted by atomic mass is 10.0. The van der Waals surface area contributed by atoms with Crippen molar-refractivity contribution in [1.82, 2.24) is 0 Å². The predicted octanol–water partition coefficient (Wildman–Crippen LogP) is 3.23. The van der Waals surface area contributed by atoms with Crippen LogP contribution in [0.15, 0.2) is 48.5 Å². The Bertz CT molecular complexity index is 491. The highest BCUT2D eigenvalue weighted by atomic mass is 19.1. The average Bonchev–Trinajstić information content (AvgIpc) is 2.33. The molecular formula is C14H11FO. The first-order valence-electron chi connectivity index (χ1n) is 5.07. The highest BCUT2D eigenvalue weighted by Crippen LogP contribution is 2.14. The second-order valence-corrected chi connectivity index (χ2v) is 3.63. The van der Waals surface area contributed by atoms with E-state index in [9.17, 15) is 9.18 Å². The van der Waals surface area contributed by atoms with Crippen LogP contribution in [0.5, 0.6) is 0 Å². The molecule has 0 amide bonds. The Morgan fingerprint density at radius 2 is 1.81 bits per heavy atom. The van der Waals surface area contributed by atoms with Gasteiger partial charge in [0.05, 0.1) is 0 Å². The molecule has 0 unspecified atom stereocenters. The van der Waals surface area contributed by atoms with E-state index in [0.29, 0.717) is 17.5 Å². The molecule has 0 aliphatic rings. The number of aldehydes is 1. The molecule has 0 fully saturated rings. The van der Waals surface area contributed by atoms with E-state index in [0.717, 1.165) is 11.8 Å². The third-order valence-corrected chi connectivity index (χ3v) is 2.44. The molecular weight excluding hydrogens is 203 g/mol. The largest absolute Gasteiger partial charge is 0.298 e. The van der Waals surface area contributed by atoms with Gasteiger partial charge in [-0.2, -0.15) is 0 Å². The Morgan fingerprint density at radius 1 is 1.06 bits per heavy atom. The molecule has 80 valence electrons. The molecule has 0 aromatic heterocycles. The molecule has 0 bridgehead atoms. The maximum atomic E-state index is 13.5. The van der Waals surface area contributed by atoms with Crippen LogP contribution in [0, 0.1) is 5.82 Å². The van der Waals surface area contributed by atoms with E-state index in [1.165, 1.54) is 12.1 Å². The third kappa shape index (κ3) is 2.34. The van der Waals surface area contributed by atoms with Gasteiger partial charge in [-0.05, 0) is 29.3 Å². The van der Waals surface area contributed by atoms with E-state index in [4.69, 9.17) is 0 Å². The van der Waals surface area contributed by atoms with E-state index < -0.39 is 0 Å². The molecule has 0 N–H and O–H groups in total. The Labute approximate surface area is 93.5 Å². The maximum Gasteiger partial charge on any atom is 0.150 e. The molecule has 0 saturated carbocycles. The Balaban J connectivity index is 2.30. The van der Waals surface area contributed by atoms with Gasteiger partial charge < -0.3 is 0 Å². The molecule has 0 aliphatic heterocycles. The van der Waals surface area contributed by atoms with Gasteiger partial charge in [0.25, 0.3) is 0 Å².